The molecule has 0 saturated carbocycles. The largest absolute Gasteiger partial charge is 0.462 e. The molecule has 0 N–H and O–H groups in total. The summed E-state index contributed by atoms with van der Waals surface area (Å²) in [5, 5.41) is 0. The van der Waals surface area contributed by atoms with Crippen molar-refractivity contribution in [2.45, 2.75) is 19.9 Å². The number of carbonyl (C=O) groups is 1. The van der Waals surface area contributed by atoms with E-state index in [1.165, 1.54) is 11.6 Å². The van der Waals surface area contributed by atoms with Gasteiger partial charge in [-0.3, -0.25) is 4.90 Å². The fourth-order valence-electron chi connectivity index (χ4n) is 1.71. The van der Waals surface area contributed by atoms with Gasteiger partial charge in [0, 0.05) is 19.2 Å². The highest BCUT2D eigenvalue weighted by Crippen LogP contribution is 2.04. The first-order valence-corrected chi connectivity index (χ1v) is 6.31. The molecule has 0 bridgehead atoms. The van der Waals surface area contributed by atoms with Crippen LogP contribution in [0.4, 0.5) is 0 Å². The highest BCUT2D eigenvalue weighted by atomic mass is 16.5. The summed E-state index contributed by atoms with van der Waals surface area (Å²) in [6.07, 6.45) is 2.04. The van der Waals surface area contributed by atoms with Crippen LogP contribution in [-0.2, 0) is 16.1 Å². The van der Waals surface area contributed by atoms with Crippen LogP contribution in [0.5, 0.6) is 0 Å². The molecule has 1 aromatic rings. The first-order valence-electron chi connectivity index (χ1n) is 6.31. The van der Waals surface area contributed by atoms with E-state index in [-0.39, 0.29) is 5.97 Å². The van der Waals surface area contributed by atoms with E-state index in [1.54, 1.807) is 0 Å². The minimum atomic E-state index is -0.346. The minimum absolute atomic E-state index is 0.346. The third-order valence-electron chi connectivity index (χ3n) is 2.73. The molecule has 0 atom stereocenters. The number of hydrogen-bond donors (Lipinski definition) is 0. The van der Waals surface area contributed by atoms with Gasteiger partial charge >= 0.3 is 5.97 Å². The van der Waals surface area contributed by atoms with E-state index in [2.05, 4.69) is 42.7 Å². The van der Waals surface area contributed by atoms with Gasteiger partial charge in [0.2, 0.25) is 0 Å². The van der Waals surface area contributed by atoms with E-state index in [0.717, 1.165) is 26.1 Å². The van der Waals surface area contributed by atoms with Crippen LogP contribution in [0.3, 0.4) is 0 Å². The Labute approximate surface area is 109 Å². The van der Waals surface area contributed by atoms with Crippen LogP contribution in [0, 0.1) is 0 Å². The van der Waals surface area contributed by atoms with Crippen LogP contribution in [0.2, 0.25) is 0 Å². The summed E-state index contributed by atoms with van der Waals surface area (Å²) in [6.45, 7) is 8.81. The molecular weight excluding hydrogens is 226 g/mol. The van der Waals surface area contributed by atoms with E-state index < -0.39 is 0 Å². The van der Waals surface area contributed by atoms with E-state index in [9.17, 15) is 4.79 Å². The molecular formula is C15H21NO2. The van der Waals surface area contributed by atoms with E-state index >= 15 is 0 Å². The summed E-state index contributed by atoms with van der Waals surface area (Å²) in [7, 11) is 0. The molecule has 1 aromatic carbocycles. The predicted molar refractivity (Wildman–Crippen MR) is 73.2 cm³/mol. The lowest BCUT2D eigenvalue weighted by atomic mass is 10.2. The van der Waals surface area contributed by atoms with Gasteiger partial charge < -0.3 is 4.74 Å². The summed E-state index contributed by atoms with van der Waals surface area (Å²) >= 11 is 0. The maximum atomic E-state index is 10.9. The molecule has 18 heavy (non-hydrogen) atoms. The fourth-order valence-corrected chi connectivity index (χ4v) is 1.71. The van der Waals surface area contributed by atoms with Gasteiger partial charge in [-0.15, -0.1) is 0 Å². The molecule has 0 spiro atoms. The maximum absolute atomic E-state index is 10.9. The Morgan fingerprint density at radius 3 is 2.72 bits per heavy atom. The summed E-state index contributed by atoms with van der Waals surface area (Å²) < 4.78 is 4.95. The van der Waals surface area contributed by atoms with Crippen molar-refractivity contribution >= 4 is 5.97 Å². The van der Waals surface area contributed by atoms with Crippen LogP contribution in [0.25, 0.3) is 0 Å². The van der Waals surface area contributed by atoms with Gasteiger partial charge in [-0.2, -0.15) is 0 Å². The molecule has 0 saturated heterocycles. The van der Waals surface area contributed by atoms with Crippen molar-refractivity contribution in [1.82, 2.24) is 4.90 Å². The average Bonchev–Trinajstić information content (AvgIpc) is 2.43. The average molecular weight is 247 g/mol. The second-order valence-electron chi connectivity index (χ2n) is 4.08. The van der Waals surface area contributed by atoms with Gasteiger partial charge in [-0.25, -0.2) is 4.79 Å². The molecule has 3 heteroatoms. The van der Waals surface area contributed by atoms with Crippen LogP contribution in [0.15, 0.2) is 43.0 Å². The third kappa shape index (κ3) is 5.64. The zero-order valence-electron chi connectivity index (χ0n) is 11.0. The first kappa shape index (κ1) is 14.5. The van der Waals surface area contributed by atoms with Crippen molar-refractivity contribution in [1.29, 1.82) is 0 Å². The lowest BCUT2D eigenvalue weighted by molar-refractivity contribution is -0.137. The molecule has 0 radical (unpaired) electrons. The molecule has 0 heterocycles. The topological polar surface area (TPSA) is 29.5 Å². The molecule has 1 rings (SSSR count). The quantitative estimate of drug-likeness (QED) is 0.402. The highest BCUT2D eigenvalue weighted by molar-refractivity contribution is 5.81. The monoisotopic (exact) mass is 247 g/mol. The lowest BCUT2D eigenvalue weighted by Gasteiger charge is -2.20. The third-order valence-corrected chi connectivity index (χ3v) is 2.73. The van der Waals surface area contributed by atoms with E-state index in [1.807, 2.05) is 6.07 Å². The number of nitrogens with zero attached hydrogens (tertiary/aromatic N) is 1. The second kappa shape index (κ2) is 8.48. The lowest BCUT2D eigenvalue weighted by Crippen LogP contribution is -2.25. The van der Waals surface area contributed by atoms with Crippen molar-refractivity contribution in [2.24, 2.45) is 0 Å². The van der Waals surface area contributed by atoms with Gasteiger partial charge in [0.1, 0.15) is 0 Å². The number of esters is 1. The summed E-state index contributed by atoms with van der Waals surface area (Å²) in [6, 6.07) is 10.4. The van der Waals surface area contributed by atoms with Crippen LogP contribution in [-0.4, -0.2) is 30.6 Å². The number of benzene rings is 1. The minimum Gasteiger partial charge on any atom is -0.462 e. The molecule has 0 aliphatic rings. The van der Waals surface area contributed by atoms with Crippen LogP contribution < -0.4 is 0 Å². The molecule has 98 valence electrons. The van der Waals surface area contributed by atoms with Crippen molar-refractivity contribution in [3.63, 3.8) is 0 Å². The number of hydrogen-bond acceptors (Lipinski definition) is 3. The Bertz CT molecular complexity index is 362. The van der Waals surface area contributed by atoms with Gasteiger partial charge in [0.15, 0.2) is 0 Å². The molecule has 3 nitrogen and oxygen atoms in total. The Kier molecular flexibility index (Phi) is 6.81. The van der Waals surface area contributed by atoms with E-state index in [4.69, 9.17) is 4.74 Å². The Hall–Kier alpha value is -1.61. The molecule has 0 aliphatic heterocycles. The number of rotatable bonds is 8. The van der Waals surface area contributed by atoms with Crippen molar-refractivity contribution < 1.29 is 9.53 Å². The first-order chi connectivity index (χ1) is 8.76. The molecule has 0 amide bonds. The second-order valence-corrected chi connectivity index (χ2v) is 4.08. The van der Waals surface area contributed by atoms with Crippen LogP contribution in [0.1, 0.15) is 18.9 Å². The number of ether oxygens (including phenoxy) is 1. The SMILES string of the molecule is C=CC(=O)OCCCN(CC)Cc1ccccc1. The van der Waals surface area contributed by atoms with Crippen molar-refractivity contribution in [3.8, 4) is 0 Å². The highest BCUT2D eigenvalue weighted by Gasteiger charge is 2.03. The summed E-state index contributed by atoms with van der Waals surface area (Å²) in [5.41, 5.74) is 1.31. The van der Waals surface area contributed by atoms with Gasteiger partial charge in [0.25, 0.3) is 0 Å². The Morgan fingerprint density at radius 2 is 2.11 bits per heavy atom. The predicted octanol–water partition coefficient (Wildman–Crippen LogP) is 2.63. The smallest absolute Gasteiger partial charge is 0.330 e. The van der Waals surface area contributed by atoms with Crippen LogP contribution >= 0.6 is 0 Å². The maximum Gasteiger partial charge on any atom is 0.330 e. The zero-order valence-corrected chi connectivity index (χ0v) is 11.0. The number of carbonyl (C=O) groups excluding carboxylic acids is 1. The van der Waals surface area contributed by atoms with Gasteiger partial charge in [-0.1, -0.05) is 43.8 Å². The van der Waals surface area contributed by atoms with Gasteiger partial charge in [0.05, 0.1) is 6.61 Å². The molecule has 0 aromatic heterocycles. The summed E-state index contributed by atoms with van der Waals surface area (Å²) in [5.74, 6) is -0.346. The van der Waals surface area contributed by atoms with Crippen molar-refractivity contribution in [2.75, 3.05) is 19.7 Å². The standard InChI is InChI=1S/C15H21NO2/c1-3-15(17)18-12-8-11-16(4-2)13-14-9-6-5-7-10-14/h3,5-7,9-10H,1,4,8,11-13H2,2H3. The Balaban J connectivity index is 2.25. The molecule has 0 aliphatic carbocycles. The van der Waals surface area contributed by atoms with E-state index in [0.29, 0.717) is 6.61 Å². The fraction of sp³-hybridized carbons (Fsp3) is 0.400. The normalized spacial score (nSPS) is 10.3. The Morgan fingerprint density at radius 1 is 1.39 bits per heavy atom. The van der Waals surface area contributed by atoms with Crippen molar-refractivity contribution in [3.05, 3.63) is 48.6 Å². The summed E-state index contributed by atoms with van der Waals surface area (Å²) in [4.78, 5) is 13.2. The molecule has 0 unspecified atom stereocenters. The van der Waals surface area contributed by atoms with Gasteiger partial charge in [-0.05, 0) is 18.5 Å². The molecule has 0 fully saturated rings. The zero-order chi connectivity index (χ0) is 13.2.